The summed E-state index contributed by atoms with van der Waals surface area (Å²) in [6.07, 6.45) is 4.85. The molecule has 0 heterocycles. The highest BCUT2D eigenvalue weighted by Crippen LogP contribution is 2.43. The zero-order chi connectivity index (χ0) is 37.0. The van der Waals surface area contributed by atoms with Gasteiger partial charge < -0.3 is 19.6 Å². The quantitative estimate of drug-likeness (QED) is 0.0565. The minimum atomic E-state index is -0.369. The van der Waals surface area contributed by atoms with Gasteiger partial charge in [0.25, 0.3) is 0 Å². The molecule has 51 heavy (non-hydrogen) atoms. The van der Waals surface area contributed by atoms with Crippen LogP contribution in [0.5, 0.6) is 0 Å². The third kappa shape index (κ3) is 9.59. The van der Waals surface area contributed by atoms with Crippen LogP contribution in [0, 0.1) is 0 Å². The summed E-state index contributed by atoms with van der Waals surface area (Å²) < 4.78 is -0.369. The lowest BCUT2D eigenvalue weighted by Gasteiger charge is -2.29. The van der Waals surface area contributed by atoms with Gasteiger partial charge in [0.1, 0.15) is 0 Å². The molecular formula is C46H61IN4. The minimum Gasteiger partial charge on any atom is -0.372 e. The van der Waals surface area contributed by atoms with Crippen LogP contribution in [0.1, 0.15) is 84.6 Å². The van der Waals surface area contributed by atoms with Gasteiger partial charge in [-0.1, -0.05) is 88.8 Å². The Labute approximate surface area is 324 Å². The highest BCUT2D eigenvalue weighted by molar-refractivity contribution is 14.1. The van der Waals surface area contributed by atoms with Gasteiger partial charge in [0.15, 0.2) is 0 Å². The first-order valence-corrected chi connectivity index (χ1v) is 20.3. The van der Waals surface area contributed by atoms with Crippen molar-refractivity contribution in [2.75, 3.05) is 72.0 Å². The second-order valence-corrected chi connectivity index (χ2v) is 14.7. The van der Waals surface area contributed by atoms with E-state index in [-0.39, 0.29) is 3.42 Å². The van der Waals surface area contributed by atoms with E-state index in [1.165, 1.54) is 56.1 Å². The lowest BCUT2D eigenvalue weighted by Crippen LogP contribution is -2.23. The largest absolute Gasteiger partial charge is 0.372 e. The van der Waals surface area contributed by atoms with Crippen molar-refractivity contribution in [2.24, 2.45) is 0 Å². The second-order valence-electron chi connectivity index (χ2n) is 13.0. The second kappa shape index (κ2) is 19.2. The van der Waals surface area contributed by atoms with E-state index >= 15 is 0 Å². The van der Waals surface area contributed by atoms with Crippen LogP contribution >= 0.6 is 22.6 Å². The molecule has 0 saturated heterocycles. The molecule has 4 aromatic carbocycles. The average molecular weight is 797 g/mol. The third-order valence-electron chi connectivity index (χ3n) is 10.2. The molecule has 0 saturated carbocycles. The Balaban J connectivity index is 1.88. The van der Waals surface area contributed by atoms with Gasteiger partial charge in [-0.2, -0.15) is 0 Å². The van der Waals surface area contributed by atoms with Gasteiger partial charge >= 0.3 is 0 Å². The number of halogens is 1. The van der Waals surface area contributed by atoms with Gasteiger partial charge in [-0.3, -0.25) is 0 Å². The molecule has 5 heteroatoms. The van der Waals surface area contributed by atoms with Crippen LogP contribution in [0.15, 0.2) is 115 Å². The zero-order valence-electron chi connectivity index (χ0n) is 32.7. The molecule has 272 valence electrons. The van der Waals surface area contributed by atoms with Crippen molar-refractivity contribution in [3.63, 3.8) is 0 Å². The Morgan fingerprint density at radius 2 is 0.706 bits per heavy atom. The van der Waals surface area contributed by atoms with Crippen LogP contribution in [-0.4, -0.2) is 52.4 Å². The summed E-state index contributed by atoms with van der Waals surface area (Å²) in [7, 11) is 0. The number of alkyl halides is 1. The molecule has 4 rings (SSSR count). The van der Waals surface area contributed by atoms with Crippen LogP contribution < -0.4 is 19.6 Å². The normalized spacial score (nSPS) is 11.7. The van der Waals surface area contributed by atoms with Gasteiger partial charge in [0, 0.05) is 75.1 Å². The van der Waals surface area contributed by atoms with E-state index in [1.807, 2.05) is 0 Å². The smallest absolute Gasteiger partial charge is 0.0904 e. The summed E-state index contributed by atoms with van der Waals surface area (Å²) in [4.78, 5) is 9.62. The van der Waals surface area contributed by atoms with Crippen molar-refractivity contribution >= 4 is 50.9 Å². The Morgan fingerprint density at radius 3 is 0.961 bits per heavy atom. The number of benzene rings is 4. The molecule has 0 aliphatic heterocycles. The van der Waals surface area contributed by atoms with E-state index in [0.717, 1.165) is 52.4 Å². The molecule has 0 N–H and O–H groups in total. The summed E-state index contributed by atoms with van der Waals surface area (Å²) in [5, 5.41) is 0. The number of rotatable bonds is 18. The van der Waals surface area contributed by atoms with Crippen molar-refractivity contribution in [2.45, 2.75) is 65.7 Å². The van der Waals surface area contributed by atoms with Crippen molar-refractivity contribution < 1.29 is 0 Å². The van der Waals surface area contributed by atoms with Gasteiger partial charge in [0.2, 0.25) is 0 Å². The topological polar surface area (TPSA) is 13.0 Å². The minimum absolute atomic E-state index is 0.369. The Hall–Kier alpha value is -3.71. The summed E-state index contributed by atoms with van der Waals surface area (Å²) in [5.41, 5.74) is 12.5. The monoisotopic (exact) mass is 796 g/mol. The van der Waals surface area contributed by atoms with Crippen LogP contribution in [0.2, 0.25) is 0 Å². The Bertz CT molecular complexity index is 1560. The van der Waals surface area contributed by atoms with E-state index in [9.17, 15) is 0 Å². The molecule has 0 amide bonds. The van der Waals surface area contributed by atoms with Crippen LogP contribution in [0.3, 0.4) is 0 Å². The molecule has 0 aromatic heterocycles. The van der Waals surface area contributed by atoms with E-state index in [1.54, 1.807) is 0 Å². The van der Waals surface area contributed by atoms with E-state index in [4.69, 9.17) is 0 Å². The summed E-state index contributed by atoms with van der Waals surface area (Å²) >= 11 is 2.69. The predicted molar refractivity (Wildman–Crippen MR) is 236 cm³/mol. The number of nitrogens with zero attached hydrogens (tertiary/aromatic N) is 4. The van der Waals surface area contributed by atoms with Gasteiger partial charge in [-0.15, -0.1) is 0 Å². The number of hydrogen-bond acceptors (Lipinski definition) is 4. The first kappa shape index (κ1) is 40.1. The molecule has 0 fully saturated rings. The fourth-order valence-corrected chi connectivity index (χ4v) is 8.35. The van der Waals surface area contributed by atoms with Crippen LogP contribution in [-0.2, 0) is 3.42 Å². The van der Waals surface area contributed by atoms with Gasteiger partial charge in [-0.25, -0.2) is 0 Å². The zero-order valence-corrected chi connectivity index (χ0v) is 34.9. The number of allylic oxidation sites excluding steroid dienone is 3. The van der Waals surface area contributed by atoms with Crippen molar-refractivity contribution in [1.82, 2.24) is 0 Å². The highest BCUT2D eigenvalue weighted by atomic mass is 127. The number of anilines is 4. The fourth-order valence-electron chi connectivity index (χ4n) is 7.14. The van der Waals surface area contributed by atoms with E-state index < -0.39 is 0 Å². The third-order valence-corrected chi connectivity index (χ3v) is 11.8. The van der Waals surface area contributed by atoms with Crippen LogP contribution in [0.25, 0.3) is 5.57 Å². The highest BCUT2D eigenvalue weighted by Gasteiger charge is 2.29. The van der Waals surface area contributed by atoms with Crippen molar-refractivity contribution in [3.8, 4) is 0 Å². The molecule has 0 aliphatic rings. The fraction of sp³-hybridized carbons (Fsp3) is 0.391. The molecular weight excluding hydrogens is 735 g/mol. The number of hydrogen-bond donors (Lipinski definition) is 0. The van der Waals surface area contributed by atoms with Crippen LogP contribution in [0.4, 0.5) is 22.7 Å². The molecule has 0 bridgehead atoms. The molecule has 0 radical (unpaired) electrons. The first-order chi connectivity index (χ1) is 24.7. The van der Waals surface area contributed by atoms with Gasteiger partial charge in [0.05, 0.1) is 3.42 Å². The molecule has 4 nitrogen and oxygen atoms in total. The Kier molecular flexibility index (Phi) is 15.1. The molecule has 0 aliphatic carbocycles. The maximum Gasteiger partial charge on any atom is 0.0904 e. The first-order valence-electron chi connectivity index (χ1n) is 19.2. The van der Waals surface area contributed by atoms with E-state index in [2.05, 4.69) is 214 Å². The lowest BCUT2D eigenvalue weighted by molar-refractivity contribution is 0.862. The summed E-state index contributed by atoms with van der Waals surface area (Å²) in [6.45, 7) is 28.0. The van der Waals surface area contributed by atoms with Crippen molar-refractivity contribution in [3.05, 3.63) is 137 Å². The summed E-state index contributed by atoms with van der Waals surface area (Å²) in [6, 6.07) is 36.7. The predicted octanol–water partition coefficient (Wildman–Crippen LogP) is 11.8. The molecule has 0 spiro atoms. The SMILES string of the molecule is CCN(CC)c1ccc(C(=CC(C)=CC(I)(c2ccc(N(CC)CC)cc2)c2ccc(N(CC)CC)cc2)c2ccc(N(CC)CC)cc2)cc1. The van der Waals surface area contributed by atoms with E-state index in [0.29, 0.717) is 0 Å². The summed E-state index contributed by atoms with van der Waals surface area (Å²) in [5.74, 6) is 0. The van der Waals surface area contributed by atoms with Crippen molar-refractivity contribution in [1.29, 1.82) is 0 Å². The average Bonchev–Trinajstić information content (AvgIpc) is 3.17. The molecule has 0 atom stereocenters. The molecule has 0 unspecified atom stereocenters. The standard InChI is InChI=1S/C46H61IN4/c1-10-48(11-2)41-26-18-37(19-27-41)45(38-20-28-42(29-21-38)49(12-3)13-4)34-36(9)35-46(47,39-22-30-43(31-23-39)50(14-5)15-6)40-24-32-44(33-25-40)51(16-7)17-8/h18-35H,10-17H2,1-9H3. The molecule has 4 aromatic rings. The maximum atomic E-state index is 2.69. The Morgan fingerprint density at radius 1 is 0.451 bits per heavy atom. The maximum absolute atomic E-state index is 2.69. The lowest BCUT2D eigenvalue weighted by atomic mass is 9.88. The van der Waals surface area contributed by atoms with Gasteiger partial charge in [-0.05, 0) is 139 Å².